The number of halogens is 1. The molecule has 0 radical (unpaired) electrons. The van der Waals surface area contributed by atoms with E-state index in [-0.39, 0.29) is 11.9 Å². The quantitative estimate of drug-likeness (QED) is 0.809. The SMILES string of the molecule is C#CCN(CC1CC1)c1ccc([C@@H](C)N)cc1F. The van der Waals surface area contributed by atoms with Crippen LogP contribution in [-0.2, 0) is 0 Å². The van der Waals surface area contributed by atoms with E-state index in [9.17, 15) is 4.39 Å². The first kappa shape index (κ1) is 12.9. The molecule has 0 bridgehead atoms. The Morgan fingerprint density at radius 1 is 1.56 bits per heavy atom. The molecule has 0 saturated heterocycles. The molecular formula is C15H19FN2. The Morgan fingerprint density at radius 3 is 2.78 bits per heavy atom. The second-order valence-electron chi connectivity index (χ2n) is 5.03. The highest BCUT2D eigenvalue weighted by Crippen LogP contribution is 2.32. The molecule has 1 fully saturated rings. The first-order valence-electron chi connectivity index (χ1n) is 6.35. The lowest BCUT2D eigenvalue weighted by Gasteiger charge is -2.23. The van der Waals surface area contributed by atoms with Crippen molar-refractivity contribution in [1.82, 2.24) is 0 Å². The van der Waals surface area contributed by atoms with Crippen molar-refractivity contribution in [3.05, 3.63) is 29.6 Å². The molecule has 1 saturated carbocycles. The van der Waals surface area contributed by atoms with Crippen LogP contribution in [-0.4, -0.2) is 13.1 Å². The molecule has 1 aromatic carbocycles. The second-order valence-corrected chi connectivity index (χ2v) is 5.03. The molecule has 2 nitrogen and oxygen atoms in total. The molecule has 1 aliphatic rings. The van der Waals surface area contributed by atoms with E-state index in [0.717, 1.165) is 12.1 Å². The minimum atomic E-state index is -0.235. The summed E-state index contributed by atoms with van der Waals surface area (Å²) in [6.45, 7) is 3.14. The van der Waals surface area contributed by atoms with Gasteiger partial charge in [-0.05, 0) is 43.4 Å². The fraction of sp³-hybridized carbons (Fsp3) is 0.467. The monoisotopic (exact) mass is 246 g/mol. The number of hydrogen-bond donors (Lipinski definition) is 1. The average molecular weight is 246 g/mol. The normalized spacial score (nSPS) is 16.1. The van der Waals surface area contributed by atoms with Gasteiger partial charge in [-0.25, -0.2) is 4.39 Å². The van der Waals surface area contributed by atoms with Gasteiger partial charge < -0.3 is 10.6 Å². The van der Waals surface area contributed by atoms with Gasteiger partial charge in [0.25, 0.3) is 0 Å². The van der Waals surface area contributed by atoms with Gasteiger partial charge in [-0.1, -0.05) is 12.0 Å². The molecule has 3 heteroatoms. The van der Waals surface area contributed by atoms with Crippen LogP contribution in [0.4, 0.5) is 10.1 Å². The summed E-state index contributed by atoms with van der Waals surface area (Å²) in [5, 5.41) is 0. The number of benzene rings is 1. The third kappa shape index (κ3) is 3.02. The predicted octanol–water partition coefficient (Wildman–Crippen LogP) is 2.70. The van der Waals surface area contributed by atoms with E-state index in [1.807, 2.05) is 17.9 Å². The van der Waals surface area contributed by atoms with Gasteiger partial charge in [0.15, 0.2) is 0 Å². The summed E-state index contributed by atoms with van der Waals surface area (Å²) in [5.74, 6) is 3.04. The summed E-state index contributed by atoms with van der Waals surface area (Å²) in [6.07, 6.45) is 7.80. The molecule has 18 heavy (non-hydrogen) atoms. The summed E-state index contributed by atoms with van der Waals surface area (Å²) in [4.78, 5) is 1.94. The Kier molecular flexibility index (Phi) is 3.88. The van der Waals surface area contributed by atoms with E-state index in [0.29, 0.717) is 18.2 Å². The van der Waals surface area contributed by atoms with Crippen LogP contribution in [0.2, 0.25) is 0 Å². The fourth-order valence-corrected chi connectivity index (χ4v) is 2.03. The van der Waals surface area contributed by atoms with Crippen molar-refractivity contribution >= 4 is 5.69 Å². The van der Waals surface area contributed by atoms with Crippen LogP contribution >= 0.6 is 0 Å². The molecule has 0 unspecified atom stereocenters. The Hall–Kier alpha value is -1.53. The van der Waals surface area contributed by atoms with E-state index in [1.54, 1.807) is 6.07 Å². The van der Waals surface area contributed by atoms with Crippen molar-refractivity contribution in [1.29, 1.82) is 0 Å². The maximum Gasteiger partial charge on any atom is 0.146 e. The zero-order valence-electron chi connectivity index (χ0n) is 10.7. The smallest absolute Gasteiger partial charge is 0.146 e. The number of anilines is 1. The van der Waals surface area contributed by atoms with Crippen LogP contribution in [0.15, 0.2) is 18.2 Å². The van der Waals surface area contributed by atoms with Crippen molar-refractivity contribution in [3.63, 3.8) is 0 Å². The minimum Gasteiger partial charge on any atom is -0.358 e. The van der Waals surface area contributed by atoms with Gasteiger partial charge in [-0.2, -0.15) is 0 Å². The van der Waals surface area contributed by atoms with Crippen LogP contribution in [0.3, 0.4) is 0 Å². The largest absolute Gasteiger partial charge is 0.358 e. The number of nitrogens with two attached hydrogens (primary N) is 1. The molecule has 96 valence electrons. The number of terminal acetylenes is 1. The van der Waals surface area contributed by atoms with Crippen molar-refractivity contribution in [2.45, 2.75) is 25.8 Å². The van der Waals surface area contributed by atoms with Gasteiger partial charge in [0.1, 0.15) is 5.82 Å². The topological polar surface area (TPSA) is 29.3 Å². The van der Waals surface area contributed by atoms with E-state index in [2.05, 4.69) is 5.92 Å². The van der Waals surface area contributed by atoms with Crippen LogP contribution in [0.5, 0.6) is 0 Å². The van der Waals surface area contributed by atoms with E-state index in [1.165, 1.54) is 18.9 Å². The Balaban J connectivity index is 2.20. The highest BCUT2D eigenvalue weighted by atomic mass is 19.1. The van der Waals surface area contributed by atoms with Crippen LogP contribution in [0.1, 0.15) is 31.4 Å². The third-order valence-corrected chi connectivity index (χ3v) is 3.30. The lowest BCUT2D eigenvalue weighted by molar-refractivity contribution is 0.611. The van der Waals surface area contributed by atoms with Crippen molar-refractivity contribution < 1.29 is 4.39 Å². The molecule has 1 aliphatic carbocycles. The zero-order chi connectivity index (χ0) is 13.1. The van der Waals surface area contributed by atoms with Gasteiger partial charge in [0.05, 0.1) is 12.2 Å². The minimum absolute atomic E-state index is 0.155. The van der Waals surface area contributed by atoms with Gasteiger partial charge >= 0.3 is 0 Å². The standard InChI is InChI=1S/C15H19FN2/c1-3-8-18(10-12-4-5-12)15-7-6-13(11(2)17)9-14(15)16/h1,6-7,9,11-12H,4-5,8,10,17H2,2H3/t11-/m1/s1. The van der Waals surface area contributed by atoms with Crippen LogP contribution < -0.4 is 10.6 Å². The highest BCUT2D eigenvalue weighted by Gasteiger charge is 2.25. The summed E-state index contributed by atoms with van der Waals surface area (Å²) in [7, 11) is 0. The third-order valence-electron chi connectivity index (χ3n) is 3.30. The van der Waals surface area contributed by atoms with Crippen molar-refractivity contribution in [3.8, 4) is 12.3 Å². The van der Waals surface area contributed by atoms with Gasteiger partial charge in [0, 0.05) is 12.6 Å². The maximum atomic E-state index is 14.1. The van der Waals surface area contributed by atoms with Crippen LogP contribution in [0, 0.1) is 24.1 Å². The fourth-order valence-electron chi connectivity index (χ4n) is 2.03. The first-order valence-corrected chi connectivity index (χ1v) is 6.35. The Bertz CT molecular complexity index is 458. The molecule has 0 heterocycles. The molecule has 1 atom stereocenters. The number of nitrogens with zero attached hydrogens (tertiary/aromatic N) is 1. The van der Waals surface area contributed by atoms with Gasteiger partial charge in [0.2, 0.25) is 0 Å². The summed E-state index contributed by atoms with van der Waals surface area (Å²) in [5.41, 5.74) is 7.14. The summed E-state index contributed by atoms with van der Waals surface area (Å²) >= 11 is 0. The highest BCUT2D eigenvalue weighted by molar-refractivity contribution is 5.50. The number of hydrogen-bond acceptors (Lipinski definition) is 2. The summed E-state index contributed by atoms with van der Waals surface area (Å²) < 4.78 is 14.1. The van der Waals surface area contributed by atoms with Crippen LogP contribution in [0.25, 0.3) is 0 Å². The number of rotatable bonds is 5. The molecule has 0 amide bonds. The Labute approximate surface area is 108 Å². The predicted molar refractivity (Wildman–Crippen MR) is 72.8 cm³/mol. The first-order chi connectivity index (χ1) is 8.61. The lowest BCUT2D eigenvalue weighted by Crippen LogP contribution is -2.27. The summed E-state index contributed by atoms with van der Waals surface area (Å²) in [6, 6.07) is 5.02. The van der Waals surface area contributed by atoms with E-state index < -0.39 is 0 Å². The average Bonchev–Trinajstić information content (AvgIpc) is 3.12. The molecule has 0 spiro atoms. The van der Waals surface area contributed by atoms with E-state index in [4.69, 9.17) is 12.2 Å². The molecule has 2 rings (SSSR count). The lowest BCUT2D eigenvalue weighted by atomic mass is 10.1. The zero-order valence-corrected chi connectivity index (χ0v) is 10.7. The van der Waals surface area contributed by atoms with Gasteiger partial charge in [-0.15, -0.1) is 6.42 Å². The van der Waals surface area contributed by atoms with Gasteiger partial charge in [-0.3, -0.25) is 0 Å². The van der Waals surface area contributed by atoms with E-state index >= 15 is 0 Å². The Morgan fingerprint density at radius 2 is 2.28 bits per heavy atom. The second kappa shape index (κ2) is 5.41. The van der Waals surface area contributed by atoms with Crippen molar-refractivity contribution in [2.24, 2.45) is 11.7 Å². The molecule has 0 aromatic heterocycles. The van der Waals surface area contributed by atoms with Crippen molar-refractivity contribution in [2.75, 3.05) is 18.0 Å². The maximum absolute atomic E-state index is 14.1. The molecule has 0 aliphatic heterocycles. The molecular weight excluding hydrogens is 227 g/mol. The molecule has 1 aromatic rings. The molecule has 2 N–H and O–H groups in total.